The van der Waals surface area contributed by atoms with Crippen molar-refractivity contribution in [3.63, 3.8) is 0 Å². The van der Waals surface area contributed by atoms with Crippen LogP contribution in [0.4, 0.5) is 5.82 Å². The second kappa shape index (κ2) is 13.2. The van der Waals surface area contributed by atoms with E-state index >= 15 is 0 Å². The summed E-state index contributed by atoms with van der Waals surface area (Å²) in [7, 11) is -4.24. The molecular weight excluding hydrogens is 594 g/mol. The number of hydrogen-bond acceptors (Lipinski definition) is 10. The molecule has 12 heteroatoms. The van der Waals surface area contributed by atoms with E-state index in [-0.39, 0.29) is 34.5 Å². The van der Waals surface area contributed by atoms with E-state index in [1.165, 1.54) is 24.4 Å². The molecule has 0 saturated carbocycles. The van der Waals surface area contributed by atoms with Crippen LogP contribution in [0, 0.1) is 0 Å². The Morgan fingerprint density at radius 2 is 1.69 bits per heavy atom. The van der Waals surface area contributed by atoms with Crippen LogP contribution in [0.1, 0.15) is 26.3 Å². The van der Waals surface area contributed by atoms with E-state index in [9.17, 15) is 23.1 Å². The smallest absolute Gasteiger partial charge is 0.320 e. The molecule has 1 saturated heterocycles. The summed E-state index contributed by atoms with van der Waals surface area (Å²) in [6, 6.07) is 17.5. The first-order chi connectivity index (χ1) is 21.4. The standard InChI is InChI=1S/C33H37N5O6S/c1-33(2,3)44-30(40)22-36-27(32(41)38-18-16-37(17-19-38)29-10-6-7-14-34-29)20-24-11-12-25(39)21-28(24)45(42,43)31-26-9-5-4-8-23(26)13-15-35-31/h4-15,21,27,36,39H,16-20,22H2,1-3H3. The number of pyridine rings is 2. The van der Waals surface area contributed by atoms with Gasteiger partial charge in [-0.25, -0.2) is 18.4 Å². The Labute approximate surface area is 262 Å². The molecule has 0 spiro atoms. The van der Waals surface area contributed by atoms with Crippen LogP contribution in [0.2, 0.25) is 0 Å². The van der Waals surface area contributed by atoms with Crippen molar-refractivity contribution in [1.29, 1.82) is 0 Å². The van der Waals surface area contributed by atoms with Gasteiger partial charge in [0.05, 0.1) is 17.5 Å². The lowest BCUT2D eigenvalue weighted by molar-refractivity contribution is -0.153. The Hall–Kier alpha value is -4.55. The minimum absolute atomic E-state index is 0.0678. The highest BCUT2D eigenvalue weighted by atomic mass is 32.2. The number of phenolic OH excluding ortho intramolecular Hbond substituents is 1. The first-order valence-electron chi connectivity index (χ1n) is 14.7. The molecule has 0 aliphatic carbocycles. The van der Waals surface area contributed by atoms with Crippen molar-refractivity contribution in [3.05, 3.63) is 84.7 Å². The Bertz CT molecular complexity index is 1780. The normalized spacial score (nSPS) is 14.7. The lowest BCUT2D eigenvalue weighted by atomic mass is 10.0. The van der Waals surface area contributed by atoms with Gasteiger partial charge in [0.2, 0.25) is 15.7 Å². The van der Waals surface area contributed by atoms with Gasteiger partial charge in [-0.3, -0.25) is 14.9 Å². The number of piperazine rings is 1. The number of aromatic hydroxyl groups is 1. The number of hydrogen-bond donors (Lipinski definition) is 2. The highest BCUT2D eigenvalue weighted by molar-refractivity contribution is 7.91. The van der Waals surface area contributed by atoms with Crippen LogP contribution in [-0.4, -0.2) is 84.6 Å². The molecule has 236 valence electrons. The maximum Gasteiger partial charge on any atom is 0.320 e. The number of carbonyl (C=O) groups excluding carboxylic acids is 2. The topological polar surface area (TPSA) is 142 Å². The molecule has 1 aliphatic heterocycles. The van der Waals surface area contributed by atoms with E-state index in [0.717, 1.165) is 5.82 Å². The molecule has 0 bridgehead atoms. The van der Waals surface area contributed by atoms with Crippen LogP contribution in [0.5, 0.6) is 5.75 Å². The molecule has 1 amide bonds. The van der Waals surface area contributed by atoms with Crippen LogP contribution < -0.4 is 10.2 Å². The predicted molar refractivity (Wildman–Crippen MR) is 170 cm³/mol. The first-order valence-corrected chi connectivity index (χ1v) is 16.2. The molecular formula is C33H37N5O6S. The fourth-order valence-corrected chi connectivity index (χ4v) is 7.00. The molecule has 45 heavy (non-hydrogen) atoms. The zero-order valence-electron chi connectivity index (χ0n) is 25.5. The van der Waals surface area contributed by atoms with E-state index in [0.29, 0.717) is 42.5 Å². The van der Waals surface area contributed by atoms with Gasteiger partial charge in [-0.15, -0.1) is 0 Å². The van der Waals surface area contributed by atoms with Crippen molar-refractivity contribution in [2.75, 3.05) is 37.6 Å². The predicted octanol–water partition coefficient (Wildman–Crippen LogP) is 3.36. The average Bonchev–Trinajstić information content (AvgIpc) is 3.02. The van der Waals surface area contributed by atoms with Gasteiger partial charge < -0.3 is 19.6 Å². The number of sulfone groups is 1. The van der Waals surface area contributed by atoms with Crippen molar-refractivity contribution in [3.8, 4) is 5.75 Å². The monoisotopic (exact) mass is 631 g/mol. The lowest BCUT2D eigenvalue weighted by Gasteiger charge is -2.37. The van der Waals surface area contributed by atoms with Gasteiger partial charge in [-0.1, -0.05) is 36.4 Å². The molecule has 11 nitrogen and oxygen atoms in total. The Morgan fingerprint density at radius 1 is 0.956 bits per heavy atom. The molecule has 4 aromatic rings. The SMILES string of the molecule is CC(C)(C)OC(=O)CNC(Cc1ccc(O)cc1S(=O)(=O)c1nccc2ccccc12)C(=O)N1CCN(c2ccccn2)CC1. The van der Waals surface area contributed by atoms with Gasteiger partial charge in [0, 0.05) is 44.0 Å². The third kappa shape index (κ3) is 7.58. The van der Waals surface area contributed by atoms with E-state index in [4.69, 9.17) is 4.74 Å². The van der Waals surface area contributed by atoms with Gasteiger partial charge >= 0.3 is 5.97 Å². The number of nitrogens with zero attached hydrogens (tertiary/aromatic N) is 4. The molecule has 2 aromatic heterocycles. The number of amides is 1. The Balaban J connectivity index is 1.44. The van der Waals surface area contributed by atoms with Gasteiger partial charge in [0.15, 0.2) is 5.03 Å². The van der Waals surface area contributed by atoms with Crippen LogP contribution in [0.3, 0.4) is 0 Å². The van der Waals surface area contributed by atoms with Crippen LogP contribution in [-0.2, 0) is 30.6 Å². The maximum absolute atomic E-state index is 14.1. The lowest BCUT2D eigenvalue weighted by Crippen LogP contribution is -2.55. The number of carbonyl (C=O) groups is 2. The number of rotatable bonds is 9. The summed E-state index contributed by atoms with van der Waals surface area (Å²) < 4.78 is 33.6. The molecule has 1 unspecified atom stereocenters. The van der Waals surface area contributed by atoms with Gasteiger partial charge in [-0.2, -0.15) is 0 Å². The Kier molecular flexibility index (Phi) is 9.35. The molecule has 5 rings (SSSR count). The summed E-state index contributed by atoms with van der Waals surface area (Å²) in [5, 5.41) is 14.4. The molecule has 3 heterocycles. The zero-order valence-corrected chi connectivity index (χ0v) is 26.3. The third-order valence-electron chi connectivity index (χ3n) is 7.43. The van der Waals surface area contributed by atoms with Crippen molar-refractivity contribution in [2.24, 2.45) is 0 Å². The first kappa shape index (κ1) is 31.9. The van der Waals surface area contributed by atoms with Crippen LogP contribution in [0.15, 0.2) is 89.0 Å². The summed E-state index contributed by atoms with van der Waals surface area (Å²) in [6.07, 6.45) is 3.08. The van der Waals surface area contributed by atoms with Crippen LogP contribution >= 0.6 is 0 Å². The number of phenols is 1. The third-order valence-corrected chi connectivity index (χ3v) is 9.22. The van der Waals surface area contributed by atoms with Crippen molar-refractivity contribution in [2.45, 2.75) is 48.8 Å². The Morgan fingerprint density at radius 3 is 2.40 bits per heavy atom. The summed E-state index contributed by atoms with van der Waals surface area (Å²) in [5.41, 5.74) is -0.423. The quantitative estimate of drug-likeness (QED) is 0.264. The second-order valence-corrected chi connectivity index (χ2v) is 13.7. The highest BCUT2D eigenvalue weighted by Crippen LogP contribution is 2.31. The highest BCUT2D eigenvalue weighted by Gasteiger charge is 2.32. The molecule has 1 fully saturated rings. The number of benzene rings is 2. The largest absolute Gasteiger partial charge is 0.508 e. The van der Waals surface area contributed by atoms with Gasteiger partial charge in [0.1, 0.15) is 17.2 Å². The van der Waals surface area contributed by atoms with Crippen LogP contribution in [0.25, 0.3) is 10.8 Å². The second-order valence-electron chi connectivity index (χ2n) is 11.9. The number of aromatic nitrogens is 2. The van der Waals surface area contributed by atoms with E-state index in [2.05, 4.69) is 20.2 Å². The zero-order chi connectivity index (χ0) is 32.2. The van der Waals surface area contributed by atoms with Crippen molar-refractivity contribution >= 4 is 38.3 Å². The number of anilines is 1. The van der Waals surface area contributed by atoms with Gasteiger partial charge in [0.25, 0.3) is 0 Å². The minimum Gasteiger partial charge on any atom is -0.508 e. The summed E-state index contributed by atoms with van der Waals surface area (Å²) in [5.74, 6) is -0.240. The maximum atomic E-state index is 14.1. The fourth-order valence-electron chi connectivity index (χ4n) is 5.34. The number of ether oxygens (including phenoxy) is 1. The molecule has 2 N–H and O–H groups in total. The van der Waals surface area contributed by atoms with Crippen molar-refractivity contribution < 1.29 is 27.9 Å². The molecule has 1 atom stereocenters. The summed E-state index contributed by atoms with van der Waals surface area (Å²) in [4.78, 5) is 38.9. The summed E-state index contributed by atoms with van der Waals surface area (Å²) in [6.45, 7) is 6.96. The molecule has 1 aliphatic rings. The fraction of sp³-hybridized carbons (Fsp3) is 0.333. The van der Waals surface area contributed by atoms with E-state index in [1.54, 1.807) is 62.2 Å². The molecule has 2 aromatic carbocycles. The number of esters is 1. The summed E-state index contributed by atoms with van der Waals surface area (Å²) >= 11 is 0. The van der Waals surface area contributed by atoms with E-state index in [1.807, 2.05) is 18.2 Å². The van der Waals surface area contributed by atoms with Crippen molar-refractivity contribution in [1.82, 2.24) is 20.2 Å². The average molecular weight is 632 g/mol. The van der Waals surface area contributed by atoms with E-state index < -0.39 is 27.4 Å². The molecule has 0 radical (unpaired) electrons. The van der Waals surface area contributed by atoms with Gasteiger partial charge in [-0.05, 0) is 68.5 Å². The number of fused-ring (bicyclic) bond motifs is 1. The number of nitrogens with one attached hydrogen (secondary N) is 1. The minimum atomic E-state index is -4.24.